The van der Waals surface area contributed by atoms with Gasteiger partial charge in [-0.15, -0.1) is 0 Å². The smallest absolute Gasteiger partial charge is 0.147 e. The van der Waals surface area contributed by atoms with Crippen molar-refractivity contribution in [3.05, 3.63) is 42.1 Å². The molecule has 2 aromatic rings. The van der Waals surface area contributed by atoms with Crippen molar-refractivity contribution in [2.75, 3.05) is 19.1 Å². The number of benzene rings is 1. The zero-order chi connectivity index (χ0) is 14.6. The van der Waals surface area contributed by atoms with Crippen molar-refractivity contribution < 1.29 is 8.42 Å². The molecule has 2 rings (SSSR count). The molecule has 0 saturated carbocycles. The zero-order valence-electron chi connectivity index (χ0n) is 11.8. The molecule has 0 fully saturated rings. The van der Waals surface area contributed by atoms with Crippen LogP contribution in [0.15, 0.2) is 36.5 Å². The van der Waals surface area contributed by atoms with Crippen molar-refractivity contribution in [3.8, 4) is 0 Å². The summed E-state index contributed by atoms with van der Waals surface area (Å²) in [4.78, 5) is 4.35. The van der Waals surface area contributed by atoms with Crippen LogP contribution in [0.25, 0.3) is 10.9 Å². The van der Waals surface area contributed by atoms with Crippen LogP contribution in [0.5, 0.6) is 0 Å². The van der Waals surface area contributed by atoms with Gasteiger partial charge in [-0.25, -0.2) is 8.42 Å². The summed E-state index contributed by atoms with van der Waals surface area (Å²) >= 11 is 0. The van der Waals surface area contributed by atoms with Gasteiger partial charge in [-0.2, -0.15) is 0 Å². The Kier molecular flexibility index (Phi) is 4.73. The van der Waals surface area contributed by atoms with Gasteiger partial charge < -0.3 is 5.32 Å². The molecule has 0 saturated heterocycles. The van der Waals surface area contributed by atoms with Crippen LogP contribution in [-0.2, 0) is 9.84 Å². The highest BCUT2D eigenvalue weighted by Gasteiger charge is 2.13. The predicted octanol–water partition coefficient (Wildman–Crippen LogP) is 2.32. The van der Waals surface area contributed by atoms with Gasteiger partial charge in [0.1, 0.15) is 9.84 Å². The Morgan fingerprint density at radius 1 is 1.25 bits per heavy atom. The first-order valence-electron chi connectivity index (χ1n) is 6.70. The molecule has 1 N–H and O–H groups in total. The predicted molar refractivity (Wildman–Crippen MR) is 82.5 cm³/mol. The summed E-state index contributed by atoms with van der Waals surface area (Å²) in [5.41, 5.74) is 2.14. The molecule has 20 heavy (non-hydrogen) atoms. The van der Waals surface area contributed by atoms with Crippen LogP contribution in [0.2, 0.25) is 0 Å². The third kappa shape index (κ3) is 3.77. The van der Waals surface area contributed by atoms with E-state index in [-0.39, 0.29) is 11.8 Å². The van der Waals surface area contributed by atoms with Gasteiger partial charge in [0.2, 0.25) is 0 Å². The summed E-state index contributed by atoms with van der Waals surface area (Å²) in [7, 11) is -0.990. The van der Waals surface area contributed by atoms with Crippen molar-refractivity contribution in [1.82, 2.24) is 10.3 Å². The molecule has 0 aliphatic rings. The standard InChI is InChI=1S/C15H20N2O2S/c1-16-14(8-5-11-20(2,18)19)13-9-10-17-15-7-4-3-6-12(13)15/h3-4,6-7,9-10,14,16H,5,8,11H2,1-2H3. The molecule has 0 aliphatic carbocycles. The van der Waals surface area contributed by atoms with Crippen LogP contribution >= 0.6 is 0 Å². The van der Waals surface area contributed by atoms with E-state index in [0.29, 0.717) is 6.42 Å². The molecule has 1 aromatic carbocycles. The van der Waals surface area contributed by atoms with E-state index in [4.69, 9.17) is 0 Å². The molecule has 1 unspecified atom stereocenters. The van der Waals surface area contributed by atoms with E-state index in [0.717, 1.165) is 17.3 Å². The molecule has 1 aromatic heterocycles. The molecule has 0 spiro atoms. The number of nitrogens with zero attached hydrogens (tertiary/aromatic N) is 1. The van der Waals surface area contributed by atoms with E-state index < -0.39 is 9.84 Å². The van der Waals surface area contributed by atoms with Gasteiger partial charge in [-0.1, -0.05) is 18.2 Å². The average Bonchev–Trinajstić information content (AvgIpc) is 2.42. The van der Waals surface area contributed by atoms with Crippen LogP contribution in [0.3, 0.4) is 0 Å². The fraction of sp³-hybridized carbons (Fsp3) is 0.400. The summed E-state index contributed by atoms with van der Waals surface area (Å²) in [5.74, 6) is 0.230. The minimum absolute atomic E-state index is 0.143. The van der Waals surface area contributed by atoms with E-state index in [2.05, 4.69) is 16.4 Å². The molecule has 0 radical (unpaired) electrons. The maximum Gasteiger partial charge on any atom is 0.147 e. The first-order chi connectivity index (χ1) is 9.51. The summed E-state index contributed by atoms with van der Waals surface area (Å²) in [6.45, 7) is 0. The highest BCUT2D eigenvalue weighted by atomic mass is 32.2. The fourth-order valence-electron chi connectivity index (χ4n) is 2.43. The molecule has 0 amide bonds. The Balaban J connectivity index is 2.21. The third-order valence-corrected chi connectivity index (χ3v) is 4.44. The number of pyridine rings is 1. The van der Waals surface area contributed by atoms with E-state index in [9.17, 15) is 8.42 Å². The Morgan fingerprint density at radius 2 is 2.00 bits per heavy atom. The van der Waals surface area contributed by atoms with E-state index >= 15 is 0 Å². The van der Waals surface area contributed by atoms with Crippen LogP contribution in [0, 0.1) is 0 Å². The first-order valence-corrected chi connectivity index (χ1v) is 8.76. The monoisotopic (exact) mass is 292 g/mol. The number of hydrogen-bond donors (Lipinski definition) is 1. The summed E-state index contributed by atoms with van der Waals surface area (Å²) in [5, 5.41) is 4.39. The quantitative estimate of drug-likeness (QED) is 0.887. The molecule has 4 nitrogen and oxygen atoms in total. The number of rotatable bonds is 6. The Morgan fingerprint density at radius 3 is 2.70 bits per heavy atom. The van der Waals surface area contributed by atoms with Crippen molar-refractivity contribution in [2.45, 2.75) is 18.9 Å². The fourth-order valence-corrected chi connectivity index (χ4v) is 3.12. The van der Waals surface area contributed by atoms with Gasteiger partial charge >= 0.3 is 0 Å². The molecular formula is C15H20N2O2S. The van der Waals surface area contributed by atoms with Gasteiger partial charge in [-0.3, -0.25) is 4.98 Å². The van der Waals surface area contributed by atoms with E-state index in [1.807, 2.05) is 31.3 Å². The van der Waals surface area contributed by atoms with Crippen LogP contribution < -0.4 is 5.32 Å². The Hall–Kier alpha value is -1.46. The van der Waals surface area contributed by atoms with Crippen molar-refractivity contribution in [3.63, 3.8) is 0 Å². The molecule has 0 bridgehead atoms. The molecule has 1 heterocycles. The van der Waals surface area contributed by atoms with Crippen molar-refractivity contribution >= 4 is 20.7 Å². The number of hydrogen-bond acceptors (Lipinski definition) is 4. The lowest BCUT2D eigenvalue weighted by Gasteiger charge is -2.18. The lowest BCUT2D eigenvalue weighted by atomic mass is 9.99. The van der Waals surface area contributed by atoms with Crippen LogP contribution in [0.1, 0.15) is 24.4 Å². The molecule has 108 valence electrons. The molecular weight excluding hydrogens is 272 g/mol. The van der Waals surface area contributed by atoms with Crippen LogP contribution in [-0.4, -0.2) is 32.5 Å². The van der Waals surface area contributed by atoms with Gasteiger partial charge in [0.15, 0.2) is 0 Å². The minimum atomic E-state index is -2.89. The van der Waals surface area contributed by atoms with Gasteiger partial charge in [0.05, 0.1) is 5.52 Å². The highest BCUT2D eigenvalue weighted by Crippen LogP contribution is 2.25. The normalized spacial score (nSPS) is 13.5. The molecule has 1 atom stereocenters. The second-order valence-electron chi connectivity index (χ2n) is 5.03. The number of fused-ring (bicyclic) bond motifs is 1. The average molecular weight is 292 g/mol. The maximum absolute atomic E-state index is 11.2. The largest absolute Gasteiger partial charge is 0.313 e. The van der Waals surface area contributed by atoms with Crippen molar-refractivity contribution in [2.24, 2.45) is 0 Å². The number of aromatic nitrogens is 1. The Labute approximate surface area is 120 Å². The summed E-state index contributed by atoms with van der Waals surface area (Å²) in [6.07, 6.45) is 4.53. The summed E-state index contributed by atoms with van der Waals surface area (Å²) < 4.78 is 22.4. The maximum atomic E-state index is 11.2. The zero-order valence-corrected chi connectivity index (χ0v) is 12.7. The topological polar surface area (TPSA) is 59.1 Å². The second-order valence-corrected chi connectivity index (χ2v) is 7.29. The van der Waals surface area contributed by atoms with Gasteiger partial charge in [0.25, 0.3) is 0 Å². The van der Waals surface area contributed by atoms with Gasteiger partial charge in [-0.05, 0) is 37.6 Å². The lowest BCUT2D eigenvalue weighted by Crippen LogP contribution is -2.18. The summed E-state index contributed by atoms with van der Waals surface area (Å²) in [6, 6.07) is 10.2. The second kappa shape index (κ2) is 6.33. The third-order valence-electron chi connectivity index (χ3n) is 3.41. The lowest BCUT2D eigenvalue weighted by molar-refractivity contribution is 0.539. The Bertz CT molecular complexity index is 678. The number of nitrogens with one attached hydrogen (secondary N) is 1. The van der Waals surface area contributed by atoms with Crippen molar-refractivity contribution in [1.29, 1.82) is 0 Å². The molecule has 0 aliphatic heterocycles. The van der Waals surface area contributed by atoms with E-state index in [1.54, 1.807) is 6.20 Å². The minimum Gasteiger partial charge on any atom is -0.313 e. The van der Waals surface area contributed by atoms with Crippen LogP contribution in [0.4, 0.5) is 0 Å². The highest BCUT2D eigenvalue weighted by molar-refractivity contribution is 7.90. The molecule has 5 heteroatoms. The first kappa shape index (κ1) is 14.9. The SMILES string of the molecule is CNC(CCCS(C)(=O)=O)c1ccnc2ccccc12. The number of para-hydroxylation sites is 1. The number of sulfone groups is 1. The van der Waals surface area contributed by atoms with E-state index in [1.165, 1.54) is 11.8 Å². The van der Waals surface area contributed by atoms with Gasteiger partial charge in [0, 0.05) is 29.6 Å².